The van der Waals surface area contributed by atoms with Gasteiger partial charge < -0.3 is 0 Å². The van der Waals surface area contributed by atoms with Gasteiger partial charge in [-0.2, -0.15) is 0 Å². The molecule has 2 aromatic heterocycles. The third-order valence-electron chi connectivity index (χ3n) is 6.48. The van der Waals surface area contributed by atoms with Gasteiger partial charge in [-0.15, -0.1) is 22.7 Å². The Morgan fingerprint density at radius 3 is 1.02 bits per heavy atom. The van der Waals surface area contributed by atoms with Gasteiger partial charge in [0.1, 0.15) is 11.1 Å². The van der Waals surface area contributed by atoms with Crippen LogP contribution in [0.15, 0.2) is 36.4 Å². The Balaban J connectivity index is 1.43. The van der Waals surface area contributed by atoms with Crippen LogP contribution in [0.25, 0.3) is 29.6 Å². The molecule has 0 fully saturated rings. The van der Waals surface area contributed by atoms with Crippen molar-refractivity contribution in [3.05, 3.63) is 117 Å². The number of benzene rings is 4. The molecule has 0 amide bonds. The number of fused-ring (bicyclic) bond motifs is 5. The minimum Gasteiger partial charge on any atom is -0.288 e. The largest absolute Gasteiger partial charge is 0.288 e. The molecule has 0 unspecified atom stereocenters. The summed E-state index contributed by atoms with van der Waals surface area (Å²) in [5.74, 6) is -25.8. The lowest BCUT2D eigenvalue weighted by Crippen LogP contribution is -2.13. The zero-order valence-electron chi connectivity index (χ0n) is 19.9. The van der Waals surface area contributed by atoms with Gasteiger partial charge in [0.05, 0.1) is 9.40 Å². The Kier molecular flexibility index (Phi) is 6.38. The molecule has 0 saturated heterocycles. The molecule has 212 valence electrons. The fraction of sp³-hybridized carbons (Fsp3) is 0. The third kappa shape index (κ3) is 3.85. The van der Waals surface area contributed by atoms with Gasteiger partial charge >= 0.3 is 0 Å². The zero-order valence-corrected chi connectivity index (χ0v) is 21.5. The van der Waals surface area contributed by atoms with Crippen LogP contribution in [0.1, 0.15) is 31.8 Å². The Labute approximate surface area is 234 Å². The van der Waals surface area contributed by atoms with Crippen molar-refractivity contribution in [1.82, 2.24) is 0 Å². The topological polar surface area (TPSA) is 34.1 Å². The number of hydrogen-bond acceptors (Lipinski definition) is 4. The lowest BCUT2D eigenvalue weighted by molar-refractivity contribution is 0.102. The number of halogens is 10. The molecule has 0 aliphatic rings. The highest BCUT2D eigenvalue weighted by molar-refractivity contribution is 7.36. The fourth-order valence-electron chi connectivity index (χ4n) is 4.44. The van der Waals surface area contributed by atoms with Crippen LogP contribution < -0.4 is 0 Å². The molecule has 6 aromatic rings. The number of carbonyl (C=O) groups excluding carboxylic acids is 2. The van der Waals surface area contributed by atoms with Crippen LogP contribution in [0.2, 0.25) is 0 Å². The van der Waals surface area contributed by atoms with Crippen LogP contribution in [0.4, 0.5) is 43.9 Å². The molecule has 0 aliphatic heterocycles. The van der Waals surface area contributed by atoms with Crippen molar-refractivity contribution in [2.75, 3.05) is 0 Å². The summed E-state index contributed by atoms with van der Waals surface area (Å²) in [7, 11) is 0. The van der Waals surface area contributed by atoms with Crippen LogP contribution in [-0.2, 0) is 0 Å². The summed E-state index contributed by atoms with van der Waals surface area (Å²) in [6.45, 7) is 0. The number of carbonyl (C=O) groups is 2. The van der Waals surface area contributed by atoms with E-state index in [1.165, 1.54) is 24.3 Å². The van der Waals surface area contributed by atoms with Gasteiger partial charge in [-0.05, 0) is 12.1 Å². The van der Waals surface area contributed by atoms with Crippen molar-refractivity contribution in [3.8, 4) is 0 Å². The summed E-state index contributed by atoms with van der Waals surface area (Å²) in [5, 5.41) is 1.02. The normalized spacial score (nSPS) is 11.8. The number of thiophene rings is 2. The Hall–Kier alpha value is -4.30. The molecule has 0 saturated carbocycles. The van der Waals surface area contributed by atoms with E-state index in [0.717, 1.165) is 34.8 Å². The average molecular weight is 628 g/mol. The smallest absolute Gasteiger partial charge is 0.200 e. The minimum atomic E-state index is -2.40. The first-order valence-electron chi connectivity index (χ1n) is 11.3. The first-order chi connectivity index (χ1) is 19.8. The van der Waals surface area contributed by atoms with E-state index in [4.69, 9.17) is 0 Å². The molecule has 0 spiro atoms. The third-order valence-corrected chi connectivity index (χ3v) is 8.98. The van der Waals surface area contributed by atoms with Gasteiger partial charge in [0, 0.05) is 31.3 Å². The van der Waals surface area contributed by atoms with Crippen molar-refractivity contribution in [1.29, 1.82) is 0 Å². The predicted octanol–water partition coefficient (Wildman–Crippen LogP) is 9.12. The molecule has 2 nitrogen and oxygen atoms in total. The van der Waals surface area contributed by atoms with Crippen LogP contribution in [0.5, 0.6) is 0 Å². The Bertz CT molecular complexity index is 1990. The lowest BCUT2D eigenvalue weighted by Gasteiger charge is -2.08. The highest BCUT2D eigenvalue weighted by Gasteiger charge is 2.32. The number of ketones is 2. The van der Waals surface area contributed by atoms with Gasteiger partial charge in [-0.3, -0.25) is 9.59 Å². The molecule has 0 aliphatic carbocycles. The van der Waals surface area contributed by atoms with Crippen LogP contribution in [0, 0.1) is 58.2 Å². The molecule has 14 heteroatoms. The molecule has 0 bridgehead atoms. The molecule has 0 atom stereocenters. The van der Waals surface area contributed by atoms with Gasteiger partial charge in [0.15, 0.2) is 58.1 Å². The van der Waals surface area contributed by atoms with Crippen LogP contribution in [-0.4, -0.2) is 11.6 Å². The molecule has 6 rings (SSSR count). The summed E-state index contributed by atoms with van der Waals surface area (Å²) in [6, 6.07) is 7.42. The average Bonchev–Trinajstić information content (AvgIpc) is 3.52. The highest BCUT2D eigenvalue weighted by atomic mass is 32.1. The van der Waals surface area contributed by atoms with Gasteiger partial charge in [-0.1, -0.05) is 24.3 Å². The monoisotopic (exact) mass is 628 g/mol. The summed E-state index contributed by atoms with van der Waals surface area (Å²) in [4.78, 5) is 25.5. The second-order valence-corrected chi connectivity index (χ2v) is 10.9. The van der Waals surface area contributed by atoms with Crippen LogP contribution >= 0.6 is 22.7 Å². The minimum absolute atomic E-state index is 0.361. The zero-order chi connectivity index (χ0) is 30.4. The van der Waals surface area contributed by atoms with E-state index in [2.05, 4.69) is 0 Å². The molecule has 4 aromatic carbocycles. The van der Waals surface area contributed by atoms with Crippen molar-refractivity contribution in [2.45, 2.75) is 0 Å². The van der Waals surface area contributed by atoms with Crippen molar-refractivity contribution in [2.24, 2.45) is 0 Å². The maximum Gasteiger partial charge on any atom is 0.200 e. The predicted molar refractivity (Wildman–Crippen MR) is 134 cm³/mol. The molecule has 0 radical (unpaired) electrons. The SMILES string of the molecule is O=C(c1ccc2c(c1)sc1c3ccc(C(=O)c4c(F)c(F)c(F)c(F)c4F)cc3sc21)c1c(F)c(F)c(F)c(F)c1F. The van der Waals surface area contributed by atoms with Crippen LogP contribution in [0.3, 0.4) is 0 Å². The van der Waals surface area contributed by atoms with E-state index in [1.54, 1.807) is 0 Å². The molecule has 42 heavy (non-hydrogen) atoms. The van der Waals surface area contributed by atoms with Gasteiger partial charge in [-0.25, -0.2) is 43.9 Å². The summed E-state index contributed by atoms with van der Waals surface area (Å²) in [6.07, 6.45) is 0. The maximum atomic E-state index is 14.2. The van der Waals surface area contributed by atoms with E-state index in [9.17, 15) is 53.5 Å². The van der Waals surface area contributed by atoms with Crippen molar-refractivity contribution in [3.63, 3.8) is 0 Å². The van der Waals surface area contributed by atoms with Gasteiger partial charge in [0.2, 0.25) is 11.6 Å². The Morgan fingerprint density at radius 1 is 0.429 bits per heavy atom. The summed E-state index contributed by atoms with van der Waals surface area (Å²) >= 11 is 2.16. The first-order valence-corrected chi connectivity index (χ1v) is 13.0. The van der Waals surface area contributed by atoms with Crippen molar-refractivity contribution < 1.29 is 53.5 Å². The summed E-state index contributed by atoms with van der Waals surface area (Å²) in [5.41, 5.74) is -3.94. The number of rotatable bonds is 4. The standard InChI is InChI=1S/C28H6F10O2S2/c29-15-13(16(30)20(34)23(37)19(15)33)25(39)7-1-3-9-11(5-7)41-28-10-4-2-8(6-12(10)42-27(9)28)26(40)14-17(31)21(35)24(38)22(36)18(14)32/h1-6H. The van der Waals surface area contributed by atoms with Gasteiger partial charge in [0.25, 0.3) is 0 Å². The highest BCUT2D eigenvalue weighted by Crippen LogP contribution is 2.45. The number of hydrogen-bond donors (Lipinski definition) is 0. The van der Waals surface area contributed by atoms with E-state index in [-0.39, 0.29) is 11.1 Å². The maximum absolute atomic E-state index is 14.2. The van der Waals surface area contributed by atoms with E-state index in [1.807, 2.05) is 0 Å². The first kappa shape index (κ1) is 27.8. The van der Waals surface area contributed by atoms with E-state index >= 15 is 0 Å². The molecule has 2 heterocycles. The van der Waals surface area contributed by atoms with E-state index < -0.39 is 80.9 Å². The lowest BCUT2D eigenvalue weighted by atomic mass is 10.0. The molecule has 0 N–H and O–H groups in total. The fourth-order valence-corrected chi connectivity index (χ4v) is 7.17. The Morgan fingerprint density at radius 2 is 0.714 bits per heavy atom. The second-order valence-electron chi connectivity index (χ2n) is 8.83. The van der Waals surface area contributed by atoms with E-state index in [0.29, 0.717) is 29.6 Å². The molecular formula is C28H6F10O2S2. The quantitative estimate of drug-likeness (QED) is 0.0845. The molecular weight excluding hydrogens is 622 g/mol. The summed E-state index contributed by atoms with van der Waals surface area (Å²) < 4.78 is 140. The second kappa shape index (κ2) is 9.63. The van der Waals surface area contributed by atoms with Crippen molar-refractivity contribution >= 4 is 63.8 Å².